The van der Waals surface area contributed by atoms with Crippen LogP contribution in [-0.2, 0) is 4.74 Å². The lowest BCUT2D eigenvalue weighted by Crippen LogP contribution is -2.31. The molecule has 0 bridgehead atoms. The Morgan fingerprint density at radius 1 is 1.56 bits per heavy atom. The first-order valence-electron chi connectivity index (χ1n) is 3.35. The van der Waals surface area contributed by atoms with Crippen LogP contribution in [0.1, 0.15) is 20.8 Å². The van der Waals surface area contributed by atoms with Gasteiger partial charge in [0.05, 0.1) is 18.8 Å². The van der Waals surface area contributed by atoms with Crippen molar-refractivity contribution in [1.29, 1.82) is 0 Å². The highest BCUT2D eigenvalue weighted by atomic mass is 16.5. The lowest BCUT2D eigenvalue weighted by Gasteiger charge is -2.24. The largest absolute Gasteiger partial charge is 0.390 e. The smallest absolute Gasteiger partial charge is 0.0849 e. The second kappa shape index (κ2) is 1.96. The lowest BCUT2D eigenvalue weighted by atomic mass is 9.84. The van der Waals surface area contributed by atoms with Crippen LogP contribution in [0.4, 0.5) is 0 Å². The molecular weight excluding hydrogens is 116 g/mol. The van der Waals surface area contributed by atoms with E-state index in [1.54, 1.807) is 0 Å². The van der Waals surface area contributed by atoms with Gasteiger partial charge in [0.2, 0.25) is 0 Å². The van der Waals surface area contributed by atoms with Gasteiger partial charge in [-0.3, -0.25) is 0 Å². The summed E-state index contributed by atoms with van der Waals surface area (Å²) in [6, 6.07) is 0. The second-order valence-electron chi connectivity index (χ2n) is 3.31. The zero-order chi connectivity index (χ0) is 7.07. The first kappa shape index (κ1) is 7.03. The fraction of sp³-hybridized carbons (Fsp3) is 1.00. The molecule has 9 heavy (non-hydrogen) atoms. The number of rotatable bonds is 0. The van der Waals surface area contributed by atoms with Crippen molar-refractivity contribution in [2.45, 2.75) is 33.0 Å². The lowest BCUT2D eigenvalue weighted by molar-refractivity contribution is 0.0701. The summed E-state index contributed by atoms with van der Waals surface area (Å²) in [5.41, 5.74) is -0.0556. The summed E-state index contributed by atoms with van der Waals surface area (Å²) in [5.74, 6) is 0. The molecule has 0 saturated carbocycles. The van der Waals surface area contributed by atoms with Crippen LogP contribution >= 0.6 is 0 Å². The molecule has 1 heterocycles. The molecule has 1 fully saturated rings. The van der Waals surface area contributed by atoms with Crippen molar-refractivity contribution in [1.82, 2.24) is 0 Å². The maximum atomic E-state index is 9.30. The number of ether oxygens (including phenoxy) is 1. The Labute approximate surface area is 55.8 Å². The highest BCUT2D eigenvalue weighted by Crippen LogP contribution is 2.33. The van der Waals surface area contributed by atoms with Crippen molar-refractivity contribution in [3.63, 3.8) is 0 Å². The van der Waals surface area contributed by atoms with Gasteiger partial charge in [-0.25, -0.2) is 0 Å². The van der Waals surface area contributed by atoms with E-state index in [9.17, 15) is 5.11 Å². The Bertz CT molecular complexity index is 97.5. The topological polar surface area (TPSA) is 29.5 Å². The number of aliphatic hydroxyl groups excluding tert-OH is 1. The SMILES string of the molecule is CC1OC[C@@H](O)C1(C)C. The molecule has 1 saturated heterocycles. The monoisotopic (exact) mass is 130 g/mol. The molecule has 0 aromatic rings. The summed E-state index contributed by atoms with van der Waals surface area (Å²) >= 11 is 0. The Balaban J connectivity index is 2.66. The van der Waals surface area contributed by atoms with Crippen molar-refractivity contribution in [3.8, 4) is 0 Å². The minimum absolute atomic E-state index is 0.0556. The van der Waals surface area contributed by atoms with Gasteiger partial charge in [-0.15, -0.1) is 0 Å². The molecule has 2 nitrogen and oxygen atoms in total. The molecule has 1 aliphatic heterocycles. The fourth-order valence-electron chi connectivity index (χ4n) is 0.936. The molecule has 1 rings (SSSR count). The molecule has 0 amide bonds. The average molecular weight is 130 g/mol. The number of aliphatic hydroxyl groups is 1. The Kier molecular flexibility index (Phi) is 1.53. The van der Waals surface area contributed by atoms with Gasteiger partial charge in [0.15, 0.2) is 0 Å². The van der Waals surface area contributed by atoms with Crippen molar-refractivity contribution in [3.05, 3.63) is 0 Å². The molecule has 2 atom stereocenters. The van der Waals surface area contributed by atoms with Crippen molar-refractivity contribution in [2.75, 3.05) is 6.61 Å². The third-order valence-electron chi connectivity index (χ3n) is 2.41. The summed E-state index contributed by atoms with van der Waals surface area (Å²) in [5, 5.41) is 9.30. The standard InChI is InChI=1S/C7H14O2/c1-5-7(2,3)6(8)4-9-5/h5-6,8H,4H2,1-3H3/t5?,6-/m1/s1. The van der Waals surface area contributed by atoms with Gasteiger partial charge in [0.25, 0.3) is 0 Å². The van der Waals surface area contributed by atoms with E-state index in [1.807, 2.05) is 20.8 Å². The zero-order valence-electron chi connectivity index (χ0n) is 6.22. The molecule has 0 spiro atoms. The van der Waals surface area contributed by atoms with E-state index in [-0.39, 0.29) is 17.6 Å². The van der Waals surface area contributed by atoms with Gasteiger partial charge in [-0.05, 0) is 6.92 Å². The van der Waals surface area contributed by atoms with Crippen LogP contribution in [0, 0.1) is 5.41 Å². The summed E-state index contributed by atoms with van der Waals surface area (Å²) < 4.78 is 5.23. The highest BCUT2D eigenvalue weighted by molar-refractivity contribution is 4.88. The van der Waals surface area contributed by atoms with E-state index in [1.165, 1.54) is 0 Å². The number of hydrogen-bond acceptors (Lipinski definition) is 2. The minimum atomic E-state index is -0.285. The second-order valence-corrected chi connectivity index (χ2v) is 3.31. The molecule has 0 aromatic heterocycles. The van der Waals surface area contributed by atoms with E-state index >= 15 is 0 Å². The van der Waals surface area contributed by atoms with Crippen LogP contribution in [0.5, 0.6) is 0 Å². The molecule has 1 N–H and O–H groups in total. The molecule has 1 aliphatic rings. The van der Waals surface area contributed by atoms with Gasteiger partial charge >= 0.3 is 0 Å². The van der Waals surface area contributed by atoms with E-state index in [2.05, 4.69) is 0 Å². The Morgan fingerprint density at radius 3 is 2.22 bits per heavy atom. The fourth-order valence-corrected chi connectivity index (χ4v) is 0.936. The van der Waals surface area contributed by atoms with E-state index < -0.39 is 0 Å². The predicted octanol–water partition coefficient (Wildman–Crippen LogP) is 0.792. The maximum Gasteiger partial charge on any atom is 0.0849 e. The summed E-state index contributed by atoms with van der Waals surface area (Å²) in [6.07, 6.45) is -0.0972. The average Bonchev–Trinajstić information content (AvgIpc) is 1.96. The van der Waals surface area contributed by atoms with Crippen LogP contribution in [0.25, 0.3) is 0 Å². The van der Waals surface area contributed by atoms with E-state index in [0.29, 0.717) is 6.61 Å². The van der Waals surface area contributed by atoms with Crippen molar-refractivity contribution in [2.24, 2.45) is 5.41 Å². The number of hydrogen-bond donors (Lipinski definition) is 1. The quantitative estimate of drug-likeness (QED) is 0.525. The summed E-state index contributed by atoms with van der Waals surface area (Å²) in [6.45, 7) is 6.54. The van der Waals surface area contributed by atoms with E-state index in [4.69, 9.17) is 4.74 Å². The Hall–Kier alpha value is -0.0800. The molecule has 0 aliphatic carbocycles. The minimum Gasteiger partial charge on any atom is -0.390 e. The van der Waals surface area contributed by atoms with Gasteiger partial charge in [-0.1, -0.05) is 13.8 Å². The van der Waals surface area contributed by atoms with Crippen LogP contribution in [0.15, 0.2) is 0 Å². The summed E-state index contributed by atoms with van der Waals surface area (Å²) in [4.78, 5) is 0. The van der Waals surface area contributed by atoms with Crippen LogP contribution < -0.4 is 0 Å². The van der Waals surface area contributed by atoms with Gasteiger partial charge in [-0.2, -0.15) is 0 Å². The van der Waals surface area contributed by atoms with Crippen LogP contribution in [0.2, 0.25) is 0 Å². The van der Waals surface area contributed by atoms with Gasteiger partial charge in [0, 0.05) is 5.41 Å². The van der Waals surface area contributed by atoms with Crippen LogP contribution in [-0.4, -0.2) is 23.9 Å². The molecule has 0 radical (unpaired) electrons. The molecule has 0 aromatic carbocycles. The van der Waals surface area contributed by atoms with E-state index in [0.717, 1.165) is 0 Å². The van der Waals surface area contributed by atoms with Crippen LogP contribution in [0.3, 0.4) is 0 Å². The normalized spacial score (nSPS) is 41.3. The third-order valence-corrected chi connectivity index (χ3v) is 2.41. The third kappa shape index (κ3) is 0.970. The zero-order valence-corrected chi connectivity index (χ0v) is 6.22. The summed E-state index contributed by atoms with van der Waals surface area (Å²) in [7, 11) is 0. The Morgan fingerprint density at radius 2 is 2.11 bits per heavy atom. The van der Waals surface area contributed by atoms with Crippen molar-refractivity contribution < 1.29 is 9.84 Å². The predicted molar refractivity (Wildman–Crippen MR) is 35.2 cm³/mol. The first-order chi connectivity index (χ1) is 4.05. The highest BCUT2D eigenvalue weighted by Gasteiger charge is 2.40. The molecule has 2 heteroatoms. The van der Waals surface area contributed by atoms with Gasteiger partial charge < -0.3 is 9.84 Å². The maximum absolute atomic E-state index is 9.30. The first-order valence-corrected chi connectivity index (χ1v) is 3.35. The molecular formula is C7H14O2. The van der Waals surface area contributed by atoms with Gasteiger partial charge in [0.1, 0.15) is 0 Å². The molecule has 54 valence electrons. The molecule has 1 unspecified atom stereocenters. The van der Waals surface area contributed by atoms with Crippen molar-refractivity contribution >= 4 is 0 Å².